The summed E-state index contributed by atoms with van der Waals surface area (Å²) in [5.74, 6) is 18.6. The third-order valence-electron chi connectivity index (χ3n) is 5.56. The van der Waals surface area contributed by atoms with E-state index in [4.69, 9.17) is 9.47 Å². The highest BCUT2D eigenvalue weighted by Crippen LogP contribution is 2.25. The van der Waals surface area contributed by atoms with Gasteiger partial charge >= 0.3 is 0 Å². The minimum atomic E-state index is 0.404. The molecule has 2 heteroatoms. The summed E-state index contributed by atoms with van der Waals surface area (Å²) in [5.41, 5.74) is 4.08. The van der Waals surface area contributed by atoms with Crippen LogP contribution in [0.5, 0.6) is 0 Å². The van der Waals surface area contributed by atoms with Crippen LogP contribution in [0.2, 0.25) is 0 Å². The van der Waals surface area contributed by atoms with E-state index in [1.165, 1.54) is 0 Å². The first-order chi connectivity index (χ1) is 16.8. The highest BCUT2D eigenvalue weighted by Gasteiger charge is 2.09. The summed E-state index contributed by atoms with van der Waals surface area (Å²) in [5, 5.41) is 4.55. The summed E-state index contributed by atoms with van der Waals surface area (Å²) < 4.78 is 11.6. The second kappa shape index (κ2) is 11.7. The lowest BCUT2D eigenvalue weighted by Crippen LogP contribution is -1.99. The van der Waals surface area contributed by atoms with E-state index in [0.29, 0.717) is 26.4 Å². The van der Waals surface area contributed by atoms with E-state index in [-0.39, 0.29) is 0 Å². The Hall–Kier alpha value is -4.00. The second-order valence-corrected chi connectivity index (χ2v) is 7.73. The highest BCUT2D eigenvalue weighted by molar-refractivity contribution is 5.92. The Labute approximate surface area is 201 Å². The van der Waals surface area contributed by atoms with E-state index < -0.39 is 0 Å². The van der Waals surface area contributed by atoms with Crippen LogP contribution in [0.3, 0.4) is 0 Å². The fraction of sp³-hybridized carbons (Fsp3) is 0.188. The van der Waals surface area contributed by atoms with Crippen molar-refractivity contribution in [3.63, 3.8) is 0 Å². The molecule has 0 aliphatic rings. The zero-order valence-electron chi connectivity index (χ0n) is 19.6. The zero-order chi connectivity index (χ0) is 23.6. The molecule has 34 heavy (non-hydrogen) atoms. The Morgan fingerprint density at radius 1 is 0.559 bits per heavy atom. The molecule has 4 aromatic carbocycles. The van der Waals surface area contributed by atoms with Gasteiger partial charge in [-0.2, -0.15) is 0 Å². The summed E-state index contributed by atoms with van der Waals surface area (Å²) in [6.45, 7) is 5.37. The van der Waals surface area contributed by atoms with Gasteiger partial charge in [-0.1, -0.05) is 96.5 Å². The smallest absolute Gasteiger partial charge is 0.108 e. The molecule has 0 spiro atoms. The molecule has 166 valence electrons. The molecule has 0 bridgehead atoms. The fourth-order valence-corrected chi connectivity index (χ4v) is 3.86. The van der Waals surface area contributed by atoms with Crippen LogP contribution in [0.4, 0.5) is 0 Å². The first kappa shape index (κ1) is 23.2. The van der Waals surface area contributed by atoms with Gasteiger partial charge in [0.2, 0.25) is 0 Å². The van der Waals surface area contributed by atoms with Crippen molar-refractivity contribution in [1.82, 2.24) is 0 Å². The van der Waals surface area contributed by atoms with Crippen molar-refractivity contribution in [3.8, 4) is 35.5 Å². The molecular formula is C32H26O2. The van der Waals surface area contributed by atoms with E-state index in [0.717, 1.165) is 43.8 Å². The molecule has 2 nitrogen and oxygen atoms in total. The van der Waals surface area contributed by atoms with Crippen LogP contribution in [0, 0.1) is 35.5 Å². The Kier molecular flexibility index (Phi) is 8.00. The van der Waals surface area contributed by atoms with Crippen molar-refractivity contribution in [2.75, 3.05) is 13.2 Å². The van der Waals surface area contributed by atoms with Crippen LogP contribution in [0.1, 0.15) is 36.1 Å². The number of rotatable bonds is 6. The number of hydrogen-bond donors (Lipinski definition) is 0. The number of hydrogen-bond acceptors (Lipinski definition) is 2. The van der Waals surface area contributed by atoms with Gasteiger partial charge in [0.15, 0.2) is 0 Å². The van der Waals surface area contributed by atoms with Crippen molar-refractivity contribution in [3.05, 3.63) is 95.1 Å². The molecule has 0 N–H and O–H groups in total. The third-order valence-corrected chi connectivity index (χ3v) is 5.56. The molecule has 0 atom stereocenters. The predicted octanol–water partition coefficient (Wildman–Crippen LogP) is 6.47. The third kappa shape index (κ3) is 5.49. The molecule has 0 aromatic heterocycles. The van der Waals surface area contributed by atoms with Gasteiger partial charge in [0.25, 0.3) is 0 Å². The molecule has 0 saturated heterocycles. The minimum Gasteiger partial charge on any atom is -0.364 e. The quantitative estimate of drug-likeness (QED) is 0.252. The Morgan fingerprint density at radius 3 is 1.44 bits per heavy atom. The lowest BCUT2D eigenvalue weighted by Gasteiger charge is -2.10. The molecule has 4 rings (SSSR count). The topological polar surface area (TPSA) is 18.5 Å². The first-order valence-corrected chi connectivity index (χ1v) is 11.3. The molecule has 0 aliphatic heterocycles. The maximum atomic E-state index is 5.80. The van der Waals surface area contributed by atoms with Crippen molar-refractivity contribution in [2.24, 2.45) is 0 Å². The largest absolute Gasteiger partial charge is 0.364 e. The molecule has 0 saturated carbocycles. The van der Waals surface area contributed by atoms with Gasteiger partial charge in [-0.15, -0.1) is 11.8 Å². The molecule has 0 amide bonds. The van der Waals surface area contributed by atoms with Crippen molar-refractivity contribution < 1.29 is 9.47 Å². The van der Waals surface area contributed by atoms with Gasteiger partial charge in [0.1, 0.15) is 13.2 Å². The monoisotopic (exact) mass is 442 g/mol. The van der Waals surface area contributed by atoms with E-state index in [1.807, 2.05) is 38.1 Å². The van der Waals surface area contributed by atoms with Gasteiger partial charge in [0.05, 0.1) is 13.2 Å². The Bertz CT molecular complexity index is 1380. The summed E-state index contributed by atoms with van der Waals surface area (Å²) in [7, 11) is 0. The normalized spacial score (nSPS) is 10.1. The SMILES string of the molecule is CC#CCOCc1ccc2ccccc2c1C#Cc1c(COCC#CC)ccc2ccccc12. The fourth-order valence-electron chi connectivity index (χ4n) is 3.86. The second-order valence-electron chi connectivity index (χ2n) is 7.73. The number of fused-ring (bicyclic) bond motifs is 2. The molecule has 0 heterocycles. The molecule has 0 unspecified atom stereocenters. The van der Waals surface area contributed by atoms with Gasteiger partial charge in [-0.3, -0.25) is 0 Å². The molecule has 0 radical (unpaired) electrons. The van der Waals surface area contributed by atoms with E-state index in [9.17, 15) is 0 Å². The molecule has 0 aliphatic carbocycles. The summed E-state index contributed by atoms with van der Waals surface area (Å²) in [6, 6.07) is 25.1. The van der Waals surface area contributed by atoms with Crippen molar-refractivity contribution in [1.29, 1.82) is 0 Å². The van der Waals surface area contributed by atoms with Crippen molar-refractivity contribution in [2.45, 2.75) is 27.1 Å². The van der Waals surface area contributed by atoms with Crippen LogP contribution < -0.4 is 0 Å². The molecule has 4 aromatic rings. The van der Waals surface area contributed by atoms with Crippen LogP contribution >= 0.6 is 0 Å². The highest BCUT2D eigenvalue weighted by atomic mass is 16.5. The standard InChI is InChI=1S/C32H26O2/c1-3-5-21-33-23-27-17-15-25-11-7-9-13-29(25)31(27)19-20-32-28(24-34-22-6-4-2)18-16-26-12-8-10-14-30(26)32/h7-18H,21-24H2,1-2H3. The van der Waals surface area contributed by atoms with Crippen LogP contribution in [-0.4, -0.2) is 13.2 Å². The summed E-state index contributed by atoms with van der Waals surface area (Å²) >= 11 is 0. The summed E-state index contributed by atoms with van der Waals surface area (Å²) in [4.78, 5) is 0. The van der Waals surface area contributed by atoms with Crippen LogP contribution in [0.15, 0.2) is 72.8 Å². The van der Waals surface area contributed by atoms with Crippen molar-refractivity contribution >= 4 is 21.5 Å². The Morgan fingerprint density at radius 2 is 1.00 bits per heavy atom. The van der Waals surface area contributed by atoms with Crippen LogP contribution in [0.25, 0.3) is 21.5 Å². The molecular weight excluding hydrogens is 416 g/mol. The average molecular weight is 443 g/mol. The Balaban J connectivity index is 1.80. The van der Waals surface area contributed by atoms with E-state index in [1.54, 1.807) is 0 Å². The minimum absolute atomic E-state index is 0.404. The first-order valence-electron chi connectivity index (χ1n) is 11.3. The number of ether oxygens (including phenoxy) is 2. The maximum Gasteiger partial charge on any atom is 0.108 e. The zero-order valence-corrected chi connectivity index (χ0v) is 19.6. The van der Waals surface area contributed by atoms with E-state index in [2.05, 4.69) is 84.1 Å². The van der Waals surface area contributed by atoms with Gasteiger partial charge in [-0.25, -0.2) is 0 Å². The average Bonchev–Trinajstić information content (AvgIpc) is 2.88. The number of benzene rings is 4. The lowest BCUT2D eigenvalue weighted by molar-refractivity contribution is 0.153. The van der Waals surface area contributed by atoms with E-state index >= 15 is 0 Å². The maximum absolute atomic E-state index is 5.80. The lowest BCUT2D eigenvalue weighted by atomic mass is 9.97. The predicted molar refractivity (Wildman–Crippen MR) is 140 cm³/mol. The van der Waals surface area contributed by atoms with Gasteiger partial charge in [-0.05, 0) is 46.5 Å². The van der Waals surface area contributed by atoms with Crippen LogP contribution in [-0.2, 0) is 22.7 Å². The summed E-state index contributed by atoms with van der Waals surface area (Å²) in [6.07, 6.45) is 0. The van der Waals surface area contributed by atoms with Gasteiger partial charge in [0, 0.05) is 11.1 Å². The molecule has 0 fully saturated rings. The van der Waals surface area contributed by atoms with Gasteiger partial charge < -0.3 is 9.47 Å².